The molecule has 0 bridgehead atoms. The smallest absolute Gasteiger partial charge is 0.262 e. The van der Waals surface area contributed by atoms with Crippen molar-refractivity contribution >= 4 is 34.3 Å². The second kappa shape index (κ2) is 19.0. The van der Waals surface area contributed by atoms with Gasteiger partial charge in [0.25, 0.3) is 5.91 Å². The average molecular weight is 756 g/mol. The first-order valence-corrected chi connectivity index (χ1v) is 20.3. The van der Waals surface area contributed by atoms with Crippen molar-refractivity contribution in [1.82, 2.24) is 20.4 Å². The van der Waals surface area contributed by atoms with Gasteiger partial charge in [0.05, 0.1) is 30.4 Å². The van der Waals surface area contributed by atoms with Crippen molar-refractivity contribution < 1.29 is 23.7 Å². The first-order chi connectivity index (χ1) is 25.9. The third-order valence-electron chi connectivity index (χ3n) is 9.61. The molecule has 3 aliphatic rings. The van der Waals surface area contributed by atoms with Crippen LogP contribution in [-0.4, -0.2) is 84.2 Å². The molecule has 12 heteroatoms. The Balaban J connectivity index is 0.941. The number of nitrogens with zero attached hydrogens (tertiary/aromatic N) is 2. The maximum atomic E-state index is 13.1. The zero-order valence-corrected chi connectivity index (χ0v) is 32.0. The zero-order chi connectivity index (χ0) is 37.0. The number of nitrogens with one attached hydrogen (secondary N) is 3. The number of benzene rings is 3. The number of thioether (sulfide) groups is 1. The lowest BCUT2D eigenvalue weighted by Gasteiger charge is -2.37. The molecule has 2 aliphatic carbocycles. The number of carbonyl (C=O) groups excluding carboxylic acids is 1. The van der Waals surface area contributed by atoms with Crippen molar-refractivity contribution in [2.45, 2.75) is 35.8 Å². The van der Waals surface area contributed by atoms with Gasteiger partial charge in [-0.3, -0.25) is 25.1 Å². The van der Waals surface area contributed by atoms with Crippen LogP contribution >= 0.6 is 11.8 Å². The van der Waals surface area contributed by atoms with E-state index in [9.17, 15) is 14.2 Å². The van der Waals surface area contributed by atoms with Crippen LogP contribution in [-0.2, 0) is 15.7 Å². The molecular weight excluding hydrogens is 707 g/mol. The summed E-state index contributed by atoms with van der Waals surface area (Å²) in [5.74, 6) is 2.54. The van der Waals surface area contributed by atoms with Crippen molar-refractivity contribution in [3.05, 3.63) is 137 Å². The Morgan fingerprint density at radius 2 is 1.81 bits per heavy atom. The number of ether oxygens (including phenoxy) is 2. The number of methoxy groups -OCH3 is 1. The van der Waals surface area contributed by atoms with Gasteiger partial charge in [-0.2, -0.15) is 0 Å². The van der Waals surface area contributed by atoms with Gasteiger partial charge in [0.15, 0.2) is 0 Å². The molecule has 10 nitrogen and oxygen atoms in total. The predicted octanol–water partition coefficient (Wildman–Crippen LogP) is 6.15. The first kappa shape index (κ1) is 38.2. The van der Waals surface area contributed by atoms with Crippen molar-refractivity contribution in [2.24, 2.45) is 0 Å². The second-order valence-electron chi connectivity index (χ2n) is 13.0. The summed E-state index contributed by atoms with van der Waals surface area (Å²) in [7, 11) is 0.0627. The molecule has 0 radical (unpaired) electrons. The predicted molar refractivity (Wildman–Crippen MR) is 214 cm³/mol. The minimum atomic E-state index is -1.68. The van der Waals surface area contributed by atoms with E-state index in [1.807, 2.05) is 55.5 Å². The van der Waals surface area contributed by atoms with E-state index in [0.29, 0.717) is 30.8 Å². The Bertz CT molecular complexity index is 1840. The largest absolute Gasteiger partial charge is 0.497 e. The molecule has 4 N–H and O–H groups in total. The minimum absolute atomic E-state index is 0.254. The molecule has 280 valence electrons. The molecule has 1 heterocycles. The molecule has 0 saturated carbocycles. The van der Waals surface area contributed by atoms with Gasteiger partial charge in [0, 0.05) is 79.1 Å². The van der Waals surface area contributed by atoms with Gasteiger partial charge in [0.1, 0.15) is 22.5 Å². The summed E-state index contributed by atoms with van der Waals surface area (Å²) in [4.78, 5) is 19.0. The van der Waals surface area contributed by atoms with Crippen LogP contribution in [0.5, 0.6) is 5.75 Å². The summed E-state index contributed by atoms with van der Waals surface area (Å²) in [6.07, 6.45) is 9.38. The van der Waals surface area contributed by atoms with Crippen LogP contribution in [0.25, 0.3) is 0 Å². The Hall–Kier alpha value is -4.49. The molecule has 1 amide bonds. The van der Waals surface area contributed by atoms with E-state index >= 15 is 0 Å². The lowest BCUT2D eigenvalue weighted by molar-refractivity contribution is 0.0982. The van der Waals surface area contributed by atoms with Gasteiger partial charge in [-0.25, -0.2) is 4.21 Å². The van der Waals surface area contributed by atoms with Crippen LogP contribution in [0.15, 0.2) is 131 Å². The van der Waals surface area contributed by atoms with Crippen molar-refractivity contribution in [1.29, 1.82) is 0 Å². The Labute approximate surface area is 319 Å². The second-order valence-corrected chi connectivity index (χ2v) is 15.6. The molecule has 3 unspecified atom stereocenters. The Morgan fingerprint density at radius 3 is 2.55 bits per heavy atom. The first-order valence-electron chi connectivity index (χ1n) is 18.1. The molecule has 3 aromatic carbocycles. The molecule has 6 rings (SSSR count). The van der Waals surface area contributed by atoms with E-state index in [-0.39, 0.29) is 5.92 Å². The summed E-state index contributed by atoms with van der Waals surface area (Å²) in [6.45, 7) is 7.73. The maximum absolute atomic E-state index is 13.1. The highest BCUT2D eigenvalue weighted by Gasteiger charge is 2.25. The van der Waals surface area contributed by atoms with Crippen LogP contribution < -0.4 is 25.2 Å². The fourth-order valence-electron chi connectivity index (χ4n) is 6.73. The number of allylic oxidation sites excluding steroid dienone is 4. The lowest BCUT2D eigenvalue weighted by atomic mass is 9.89. The van der Waals surface area contributed by atoms with Crippen molar-refractivity contribution in [3.8, 4) is 5.75 Å². The van der Waals surface area contributed by atoms with Gasteiger partial charge < -0.3 is 19.7 Å². The van der Waals surface area contributed by atoms with Gasteiger partial charge in [-0.15, -0.1) is 11.8 Å². The van der Waals surface area contributed by atoms with Gasteiger partial charge in [-0.05, 0) is 79.6 Å². The molecule has 0 spiro atoms. The Morgan fingerprint density at radius 1 is 1.02 bits per heavy atom. The highest BCUT2D eigenvalue weighted by molar-refractivity contribution is 7.99. The average Bonchev–Trinajstić information content (AvgIpc) is 3.20. The minimum Gasteiger partial charge on any atom is -0.497 e. The Kier molecular flexibility index (Phi) is 13.7. The van der Waals surface area contributed by atoms with Crippen molar-refractivity contribution in [2.75, 3.05) is 63.6 Å². The normalized spacial score (nSPS) is 19.6. The molecule has 1 saturated heterocycles. The van der Waals surface area contributed by atoms with Crippen LogP contribution in [0.3, 0.4) is 0 Å². The van der Waals surface area contributed by atoms with Crippen LogP contribution in [0.1, 0.15) is 41.6 Å². The number of hydrogen-bond acceptors (Lipinski definition) is 10. The number of hydroxylamine groups is 1. The molecule has 53 heavy (non-hydrogen) atoms. The number of amides is 1. The third kappa shape index (κ3) is 10.3. The summed E-state index contributed by atoms with van der Waals surface area (Å²) in [6, 6.07) is 26.0. The van der Waals surface area contributed by atoms with Gasteiger partial charge in [0.2, 0.25) is 0 Å². The summed E-state index contributed by atoms with van der Waals surface area (Å²) >= 11 is 1.74. The highest BCUT2D eigenvalue weighted by atomic mass is 32.2. The number of piperazine rings is 1. The molecule has 3 aromatic rings. The van der Waals surface area contributed by atoms with E-state index in [4.69, 9.17) is 9.47 Å². The molecule has 0 aromatic heterocycles. The lowest BCUT2D eigenvalue weighted by Crippen LogP contribution is -2.47. The number of anilines is 1. The molecule has 1 fully saturated rings. The number of rotatable bonds is 16. The van der Waals surface area contributed by atoms with Gasteiger partial charge >= 0.3 is 0 Å². The van der Waals surface area contributed by atoms with E-state index in [1.54, 1.807) is 37.1 Å². The molecule has 3 atom stereocenters. The van der Waals surface area contributed by atoms with Crippen molar-refractivity contribution in [3.63, 3.8) is 0 Å². The SMILES string of the molecule is CCOc1cccc(C2C=C(OC)C(CN3CCN(c4ccc(C(=O)NS(=O)C5C=CC(NCCSc6ccccc6)=C(NO)C5)cc4)CC3)=CC2)c1. The fraction of sp³-hybridized carbons (Fsp3) is 0.341. The summed E-state index contributed by atoms with van der Waals surface area (Å²) < 4.78 is 27.4. The molecule has 1 aliphatic heterocycles. The fourth-order valence-corrected chi connectivity index (χ4v) is 8.51. The van der Waals surface area contributed by atoms with E-state index in [1.165, 1.54) is 16.0 Å². The topological polar surface area (TPSA) is 115 Å². The standard InChI is InChI=1S/C41H49N5O5S2/c1-3-51-35-9-7-8-31(26-35)32-12-13-33(40(27-32)50-2)29-45-21-23-46(24-22-45)34-16-14-30(15-17-34)41(47)44-53(49)37-18-19-38(39(28-37)43-48)42-20-25-52-36-10-5-4-6-11-36/h4-11,13-19,26-27,32,37,42-43,48H,3,12,20-25,28-29H2,1-2H3,(H,44,47). The van der Waals surface area contributed by atoms with Crippen LogP contribution in [0.4, 0.5) is 5.69 Å². The zero-order valence-electron chi connectivity index (χ0n) is 30.3. The number of carbonyl (C=O) groups is 1. The molecular formula is C41H49N5O5S2. The van der Waals surface area contributed by atoms with Gasteiger partial charge in [-0.1, -0.05) is 42.5 Å². The summed E-state index contributed by atoms with van der Waals surface area (Å²) in [5.41, 5.74) is 7.48. The van der Waals surface area contributed by atoms with Crippen LogP contribution in [0.2, 0.25) is 0 Å². The monoisotopic (exact) mass is 755 g/mol. The number of hydrogen-bond donors (Lipinski definition) is 4. The maximum Gasteiger partial charge on any atom is 0.262 e. The van der Waals surface area contributed by atoms with E-state index < -0.39 is 22.1 Å². The third-order valence-corrected chi connectivity index (χ3v) is 11.9. The highest BCUT2D eigenvalue weighted by Crippen LogP contribution is 2.33. The van der Waals surface area contributed by atoms with Crippen LogP contribution in [0, 0.1) is 0 Å². The summed E-state index contributed by atoms with van der Waals surface area (Å²) in [5, 5.41) is 12.6. The quantitative estimate of drug-likeness (QED) is 0.0772. The van der Waals surface area contributed by atoms with E-state index in [0.717, 1.165) is 67.8 Å². The van der Waals surface area contributed by atoms with E-state index in [2.05, 4.69) is 61.7 Å².